The molecular weight excluding hydrogens is 212 g/mol. The molecular formula is C6H5BrN2O2. The number of hydrogen-bond donors (Lipinski definition) is 1. The van der Waals surface area contributed by atoms with Crippen molar-refractivity contribution in [1.29, 1.82) is 0 Å². The zero-order valence-corrected chi connectivity index (χ0v) is 7.08. The number of alkyl halides is 1. The summed E-state index contributed by atoms with van der Waals surface area (Å²) in [5.74, 6) is -1.28. The Balaban J connectivity index is 2.91. The van der Waals surface area contributed by atoms with Crippen LogP contribution in [0.3, 0.4) is 0 Å². The molecule has 0 saturated carbocycles. The first kappa shape index (κ1) is 8.13. The zero-order chi connectivity index (χ0) is 8.27. The Morgan fingerprint density at radius 1 is 1.55 bits per heavy atom. The van der Waals surface area contributed by atoms with E-state index >= 15 is 0 Å². The lowest BCUT2D eigenvalue weighted by atomic mass is 10.4. The van der Waals surface area contributed by atoms with Crippen molar-refractivity contribution < 1.29 is 9.90 Å². The second kappa shape index (κ2) is 3.43. The molecule has 0 radical (unpaired) electrons. The smallest absolute Gasteiger partial charge is 0.373 e. The van der Waals surface area contributed by atoms with Crippen LogP contribution in [0.15, 0.2) is 12.4 Å². The summed E-state index contributed by atoms with van der Waals surface area (Å²) in [4.78, 5) is 17.5. The molecule has 0 atom stereocenters. The molecule has 0 unspecified atom stereocenters. The minimum atomic E-state index is -1.11. The number of carboxylic acid groups (broad SMARTS) is 1. The predicted molar refractivity (Wildman–Crippen MR) is 41.6 cm³/mol. The third-order valence-corrected chi connectivity index (χ3v) is 1.70. The first-order valence-electron chi connectivity index (χ1n) is 2.84. The quantitative estimate of drug-likeness (QED) is 0.752. The number of hydrogen-bond acceptors (Lipinski definition) is 3. The van der Waals surface area contributed by atoms with E-state index in [0.717, 1.165) is 5.56 Å². The van der Waals surface area contributed by atoms with Crippen LogP contribution < -0.4 is 0 Å². The van der Waals surface area contributed by atoms with Gasteiger partial charge in [0.1, 0.15) is 0 Å². The van der Waals surface area contributed by atoms with Gasteiger partial charge in [0, 0.05) is 17.7 Å². The Morgan fingerprint density at radius 2 is 2.09 bits per heavy atom. The Bertz CT molecular complexity index is 260. The molecule has 0 aliphatic heterocycles. The van der Waals surface area contributed by atoms with Crippen LogP contribution in [0.2, 0.25) is 0 Å². The first-order chi connectivity index (χ1) is 5.24. The normalized spacial score (nSPS) is 9.55. The standard InChI is InChI=1S/C6H5BrN2O2/c7-1-4-2-8-5(6(10)11)9-3-4/h2-3H,1H2,(H,10,11). The molecule has 1 aromatic rings. The van der Waals surface area contributed by atoms with Gasteiger partial charge in [-0.3, -0.25) is 0 Å². The van der Waals surface area contributed by atoms with Crippen molar-refractivity contribution in [1.82, 2.24) is 9.97 Å². The van der Waals surface area contributed by atoms with Gasteiger partial charge in [-0.1, -0.05) is 15.9 Å². The molecule has 0 saturated heterocycles. The highest BCUT2D eigenvalue weighted by molar-refractivity contribution is 9.08. The lowest BCUT2D eigenvalue weighted by Crippen LogP contribution is -2.03. The molecule has 0 aliphatic carbocycles. The maximum atomic E-state index is 10.3. The lowest BCUT2D eigenvalue weighted by molar-refractivity contribution is 0.0683. The summed E-state index contributed by atoms with van der Waals surface area (Å²) in [5, 5.41) is 9.04. The minimum absolute atomic E-state index is 0.172. The van der Waals surface area contributed by atoms with Crippen LogP contribution in [0, 0.1) is 0 Å². The van der Waals surface area contributed by atoms with E-state index in [1.165, 1.54) is 12.4 Å². The third kappa shape index (κ3) is 1.98. The van der Waals surface area contributed by atoms with Crippen LogP contribution in [-0.4, -0.2) is 21.0 Å². The molecule has 1 aromatic heterocycles. The van der Waals surface area contributed by atoms with Gasteiger partial charge in [0.05, 0.1) is 0 Å². The average Bonchev–Trinajstić information content (AvgIpc) is 2.05. The molecule has 0 aliphatic rings. The molecule has 0 aromatic carbocycles. The lowest BCUT2D eigenvalue weighted by Gasteiger charge is -1.93. The van der Waals surface area contributed by atoms with Gasteiger partial charge in [-0.05, 0) is 5.56 Å². The monoisotopic (exact) mass is 216 g/mol. The van der Waals surface area contributed by atoms with E-state index in [0.29, 0.717) is 5.33 Å². The van der Waals surface area contributed by atoms with Crippen molar-refractivity contribution in [2.75, 3.05) is 0 Å². The summed E-state index contributed by atoms with van der Waals surface area (Å²) in [6.07, 6.45) is 2.95. The second-order valence-corrected chi connectivity index (χ2v) is 2.41. The highest BCUT2D eigenvalue weighted by Gasteiger charge is 2.04. The van der Waals surface area contributed by atoms with E-state index in [-0.39, 0.29) is 5.82 Å². The van der Waals surface area contributed by atoms with E-state index in [4.69, 9.17) is 5.11 Å². The average molecular weight is 217 g/mol. The summed E-state index contributed by atoms with van der Waals surface area (Å²) < 4.78 is 0. The van der Waals surface area contributed by atoms with Gasteiger partial charge in [-0.25, -0.2) is 14.8 Å². The van der Waals surface area contributed by atoms with Gasteiger partial charge in [0.2, 0.25) is 5.82 Å². The summed E-state index contributed by atoms with van der Waals surface area (Å²) in [5.41, 5.74) is 0.856. The number of aromatic carboxylic acids is 1. The van der Waals surface area contributed by atoms with Crippen molar-refractivity contribution in [3.05, 3.63) is 23.8 Å². The van der Waals surface area contributed by atoms with Crippen molar-refractivity contribution in [2.45, 2.75) is 5.33 Å². The van der Waals surface area contributed by atoms with Crippen LogP contribution >= 0.6 is 15.9 Å². The van der Waals surface area contributed by atoms with E-state index in [9.17, 15) is 4.79 Å². The van der Waals surface area contributed by atoms with Gasteiger partial charge in [0.15, 0.2) is 0 Å². The molecule has 5 heteroatoms. The van der Waals surface area contributed by atoms with Gasteiger partial charge in [0.25, 0.3) is 0 Å². The Hall–Kier alpha value is -0.970. The van der Waals surface area contributed by atoms with Crippen LogP contribution in [-0.2, 0) is 5.33 Å². The summed E-state index contributed by atoms with van der Waals surface area (Å²) in [7, 11) is 0. The SMILES string of the molecule is O=C(O)c1ncc(CBr)cn1. The van der Waals surface area contributed by atoms with Crippen molar-refractivity contribution >= 4 is 21.9 Å². The van der Waals surface area contributed by atoms with Gasteiger partial charge in [-0.2, -0.15) is 0 Å². The summed E-state index contributed by atoms with van der Waals surface area (Å²) in [6, 6.07) is 0. The number of rotatable bonds is 2. The Labute approximate surface area is 71.4 Å². The maximum absolute atomic E-state index is 10.3. The number of carbonyl (C=O) groups is 1. The number of aromatic nitrogens is 2. The second-order valence-electron chi connectivity index (χ2n) is 1.85. The zero-order valence-electron chi connectivity index (χ0n) is 5.49. The van der Waals surface area contributed by atoms with Crippen LogP contribution in [0.5, 0.6) is 0 Å². The highest BCUT2D eigenvalue weighted by atomic mass is 79.9. The van der Waals surface area contributed by atoms with Gasteiger partial charge < -0.3 is 5.11 Å². The fraction of sp³-hybridized carbons (Fsp3) is 0.167. The number of carboxylic acids is 1. The van der Waals surface area contributed by atoms with Gasteiger partial charge >= 0.3 is 5.97 Å². The largest absolute Gasteiger partial charge is 0.475 e. The fourth-order valence-corrected chi connectivity index (χ4v) is 0.824. The highest BCUT2D eigenvalue weighted by Crippen LogP contribution is 2.01. The van der Waals surface area contributed by atoms with Crippen LogP contribution in [0.25, 0.3) is 0 Å². The van der Waals surface area contributed by atoms with E-state index in [1.807, 2.05) is 0 Å². The maximum Gasteiger partial charge on any atom is 0.373 e. The molecule has 0 spiro atoms. The van der Waals surface area contributed by atoms with E-state index in [2.05, 4.69) is 25.9 Å². The number of nitrogens with zero attached hydrogens (tertiary/aromatic N) is 2. The molecule has 0 amide bonds. The fourth-order valence-electron chi connectivity index (χ4n) is 0.534. The molecule has 4 nitrogen and oxygen atoms in total. The topological polar surface area (TPSA) is 63.1 Å². The molecule has 1 heterocycles. The summed E-state index contributed by atoms with van der Waals surface area (Å²) in [6.45, 7) is 0. The third-order valence-electron chi connectivity index (χ3n) is 1.05. The van der Waals surface area contributed by atoms with Crippen molar-refractivity contribution in [3.8, 4) is 0 Å². The first-order valence-corrected chi connectivity index (χ1v) is 3.96. The van der Waals surface area contributed by atoms with E-state index < -0.39 is 5.97 Å². The van der Waals surface area contributed by atoms with Crippen LogP contribution in [0.1, 0.15) is 16.2 Å². The molecule has 58 valence electrons. The minimum Gasteiger partial charge on any atom is -0.475 e. The summed E-state index contributed by atoms with van der Waals surface area (Å²) >= 11 is 3.19. The molecule has 11 heavy (non-hydrogen) atoms. The van der Waals surface area contributed by atoms with Crippen molar-refractivity contribution in [3.63, 3.8) is 0 Å². The van der Waals surface area contributed by atoms with E-state index in [1.54, 1.807) is 0 Å². The van der Waals surface area contributed by atoms with Crippen LogP contribution in [0.4, 0.5) is 0 Å². The Kier molecular flexibility index (Phi) is 2.53. The molecule has 0 fully saturated rings. The molecule has 0 bridgehead atoms. The Morgan fingerprint density at radius 3 is 2.45 bits per heavy atom. The molecule has 1 N–H and O–H groups in total. The van der Waals surface area contributed by atoms with Crippen molar-refractivity contribution in [2.24, 2.45) is 0 Å². The van der Waals surface area contributed by atoms with Gasteiger partial charge in [-0.15, -0.1) is 0 Å². The predicted octanol–water partition coefficient (Wildman–Crippen LogP) is 1.07. The number of halogens is 1. The molecule has 1 rings (SSSR count).